The second kappa shape index (κ2) is 5.57. The van der Waals surface area contributed by atoms with E-state index < -0.39 is 0 Å². The molecule has 4 heteroatoms. The zero-order valence-corrected chi connectivity index (χ0v) is 11.7. The van der Waals surface area contributed by atoms with E-state index in [4.69, 9.17) is 9.15 Å². The Bertz CT molecular complexity index is 437. The van der Waals surface area contributed by atoms with Crippen LogP contribution in [-0.2, 0) is 0 Å². The number of oxazole rings is 1. The standard InChI is InChI=1S/C14H22N2O2/c1-5-10(2)12-14(17-4)18-13(15-12)11-7-6-8-16(3)9-11/h7,10H,5-6,8-9H2,1-4H3. The number of aromatic nitrogens is 1. The van der Waals surface area contributed by atoms with Crippen molar-refractivity contribution in [2.24, 2.45) is 0 Å². The molecule has 1 unspecified atom stereocenters. The Labute approximate surface area is 109 Å². The van der Waals surface area contributed by atoms with Gasteiger partial charge in [0.25, 0.3) is 0 Å². The topological polar surface area (TPSA) is 38.5 Å². The lowest BCUT2D eigenvalue weighted by atomic mass is 10.1. The molecule has 0 amide bonds. The highest BCUT2D eigenvalue weighted by Crippen LogP contribution is 2.32. The Morgan fingerprint density at radius 1 is 1.56 bits per heavy atom. The number of methoxy groups -OCH3 is 1. The van der Waals surface area contributed by atoms with Crippen LogP contribution in [0, 0.1) is 0 Å². The Kier molecular flexibility index (Phi) is 4.07. The maximum absolute atomic E-state index is 5.75. The molecule has 2 rings (SSSR count). The molecule has 0 saturated carbocycles. The number of hydrogen-bond donors (Lipinski definition) is 0. The van der Waals surface area contributed by atoms with Gasteiger partial charge in [0.2, 0.25) is 5.89 Å². The van der Waals surface area contributed by atoms with Gasteiger partial charge in [0.05, 0.1) is 7.11 Å². The zero-order chi connectivity index (χ0) is 13.1. The lowest BCUT2D eigenvalue weighted by molar-refractivity contribution is 0.293. The van der Waals surface area contributed by atoms with Crippen molar-refractivity contribution in [3.05, 3.63) is 17.7 Å². The fraction of sp³-hybridized carbons (Fsp3) is 0.643. The van der Waals surface area contributed by atoms with Crippen molar-refractivity contribution in [1.29, 1.82) is 0 Å². The molecule has 1 aromatic rings. The summed E-state index contributed by atoms with van der Waals surface area (Å²) in [7, 11) is 3.75. The van der Waals surface area contributed by atoms with Crippen LogP contribution in [0.3, 0.4) is 0 Å². The average molecular weight is 250 g/mol. The van der Waals surface area contributed by atoms with Crippen LogP contribution >= 0.6 is 0 Å². The van der Waals surface area contributed by atoms with Gasteiger partial charge in [0, 0.05) is 24.6 Å². The Morgan fingerprint density at radius 2 is 2.33 bits per heavy atom. The lowest BCUT2D eigenvalue weighted by Crippen LogP contribution is -2.25. The maximum Gasteiger partial charge on any atom is 0.308 e. The largest absolute Gasteiger partial charge is 0.467 e. The summed E-state index contributed by atoms with van der Waals surface area (Å²) in [6.45, 7) is 6.28. The molecule has 0 saturated heterocycles. The van der Waals surface area contributed by atoms with Gasteiger partial charge in [-0.3, -0.25) is 0 Å². The number of ether oxygens (including phenoxy) is 1. The van der Waals surface area contributed by atoms with E-state index in [1.807, 2.05) is 0 Å². The number of hydrogen-bond acceptors (Lipinski definition) is 4. The quantitative estimate of drug-likeness (QED) is 0.823. The summed E-state index contributed by atoms with van der Waals surface area (Å²) in [6.07, 6.45) is 4.29. The molecule has 0 fully saturated rings. The molecule has 1 aromatic heterocycles. The van der Waals surface area contributed by atoms with Gasteiger partial charge >= 0.3 is 5.95 Å². The van der Waals surface area contributed by atoms with E-state index in [2.05, 4.69) is 36.9 Å². The van der Waals surface area contributed by atoms with E-state index in [1.54, 1.807) is 7.11 Å². The van der Waals surface area contributed by atoms with E-state index in [9.17, 15) is 0 Å². The summed E-state index contributed by atoms with van der Waals surface area (Å²) in [4.78, 5) is 6.90. The minimum Gasteiger partial charge on any atom is -0.467 e. The lowest BCUT2D eigenvalue weighted by Gasteiger charge is -2.20. The first kappa shape index (κ1) is 13.1. The van der Waals surface area contributed by atoms with Gasteiger partial charge in [-0.05, 0) is 19.9 Å². The fourth-order valence-electron chi connectivity index (χ4n) is 2.15. The molecule has 0 N–H and O–H groups in total. The average Bonchev–Trinajstić information content (AvgIpc) is 2.82. The summed E-state index contributed by atoms with van der Waals surface area (Å²) < 4.78 is 11.0. The number of likely N-dealkylation sites (N-methyl/N-ethyl adjacent to an activating group) is 1. The van der Waals surface area contributed by atoms with Crippen molar-refractivity contribution in [2.45, 2.75) is 32.6 Å². The summed E-state index contributed by atoms with van der Waals surface area (Å²) >= 11 is 0. The van der Waals surface area contributed by atoms with E-state index in [0.29, 0.717) is 17.8 Å². The maximum atomic E-state index is 5.75. The molecule has 0 aliphatic carbocycles. The third-order valence-electron chi connectivity index (χ3n) is 3.50. The van der Waals surface area contributed by atoms with Crippen LogP contribution in [0.2, 0.25) is 0 Å². The molecule has 1 atom stereocenters. The van der Waals surface area contributed by atoms with Crippen molar-refractivity contribution < 1.29 is 9.15 Å². The Hall–Kier alpha value is -1.29. The van der Waals surface area contributed by atoms with Crippen LogP contribution < -0.4 is 4.74 Å². The van der Waals surface area contributed by atoms with Crippen molar-refractivity contribution in [3.8, 4) is 5.95 Å². The van der Waals surface area contributed by atoms with Gasteiger partial charge in [-0.15, -0.1) is 0 Å². The second-order valence-corrected chi connectivity index (χ2v) is 4.96. The predicted molar refractivity (Wildman–Crippen MR) is 71.9 cm³/mol. The van der Waals surface area contributed by atoms with Crippen molar-refractivity contribution in [3.63, 3.8) is 0 Å². The molecule has 4 nitrogen and oxygen atoms in total. The van der Waals surface area contributed by atoms with Crippen LogP contribution in [0.25, 0.3) is 5.57 Å². The third-order valence-corrected chi connectivity index (χ3v) is 3.50. The highest BCUT2D eigenvalue weighted by atomic mass is 16.6. The van der Waals surface area contributed by atoms with Crippen LogP contribution in [0.1, 0.15) is 44.2 Å². The second-order valence-electron chi connectivity index (χ2n) is 4.96. The van der Waals surface area contributed by atoms with Crippen molar-refractivity contribution in [2.75, 3.05) is 27.2 Å². The molecule has 0 aromatic carbocycles. The molecule has 1 aliphatic heterocycles. The highest BCUT2D eigenvalue weighted by Gasteiger charge is 2.22. The van der Waals surface area contributed by atoms with Gasteiger partial charge in [0.15, 0.2) is 0 Å². The van der Waals surface area contributed by atoms with E-state index >= 15 is 0 Å². The molecular formula is C14H22N2O2. The highest BCUT2D eigenvalue weighted by molar-refractivity contribution is 5.61. The van der Waals surface area contributed by atoms with Gasteiger partial charge in [-0.25, -0.2) is 4.98 Å². The first-order chi connectivity index (χ1) is 8.65. The van der Waals surface area contributed by atoms with Crippen LogP contribution in [-0.4, -0.2) is 37.1 Å². The normalized spacial score (nSPS) is 18.6. The molecule has 100 valence electrons. The van der Waals surface area contributed by atoms with Crippen molar-refractivity contribution >= 4 is 5.57 Å². The molecule has 18 heavy (non-hydrogen) atoms. The molecule has 0 spiro atoms. The predicted octanol–water partition coefficient (Wildman–Crippen LogP) is 2.92. The minimum absolute atomic E-state index is 0.361. The molecule has 2 heterocycles. The van der Waals surface area contributed by atoms with Crippen LogP contribution in [0.5, 0.6) is 5.95 Å². The Balaban J connectivity index is 2.29. The van der Waals surface area contributed by atoms with Gasteiger partial charge < -0.3 is 14.1 Å². The molecule has 0 radical (unpaired) electrons. The number of nitrogens with zero attached hydrogens (tertiary/aromatic N) is 2. The summed E-state index contributed by atoms with van der Waals surface area (Å²) in [6, 6.07) is 0. The smallest absolute Gasteiger partial charge is 0.308 e. The van der Waals surface area contributed by atoms with Crippen LogP contribution in [0.15, 0.2) is 10.5 Å². The molecule has 1 aliphatic rings. The summed E-state index contributed by atoms with van der Waals surface area (Å²) in [5.41, 5.74) is 2.10. The third kappa shape index (κ3) is 2.58. The summed E-state index contributed by atoms with van der Waals surface area (Å²) in [5.74, 6) is 1.64. The van der Waals surface area contributed by atoms with E-state index in [0.717, 1.165) is 37.2 Å². The van der Waals surface area contributed by atoms with Crippen LogP contribution in [0.4, 0.5) is 0 Å². The monoisotopic (exact) mass is 250 g/mol. The molecular weight excluding hydrogens is 228 g/mol. The van der Waals surface area contributed by atoms with Gasteiger partial charge in [0.1, 0.15) is 5.69 Å². The first-order valence-corrected chi connectivity index (χ1v) is 6.58. The van der Waals surface area contributed by atoms with E-state index in [1.165, 1.54) is 0 Å². The SMILES string of the molecule is CCC(C)c1nc(C2=CCCN(C)C2)oc1OC. The molecule has 0 bridgehead atoms. The van der Waals surface area contributed by atoms with E-state index in [-0.39, 0.29) is 0 Å². The first-order valence-electron chi connectivity index (χ1n) is 6.58. The van der Waals surface area contributed by atoms with Gasteiger partial charge in [-0.1, -0.05) is 19.9 Å². The Morgan fingerprint density at radius 3 is 2.94 bits per heavy atom. The minimum atomic E-state index is 0.361. The number of rotatable bonds is 4. The summed E-state index contributed by atoms with van der Waals surface area (Å²) in [5, 5.41) is 0. The fourth-order valence-corrected chi connectivity index (χ4v) is 2.15. The zero-order valence-electron chi connectivity index (χ0n) is 11.7. The van der Waals surface area contributed by atoms with Crippen molar-refractivity contribution in [1.82, 2.24) is 9.88 Å². The van der Waals surface area contributed by atoms with Gasteiger partial charge in [-0.2, -0.15) is 0 Å².